The lowest BCUT2D eigenvalue weighted by atomic mass is 10.2. The van der Waals surface area contributed by atoms with E-state index in [0.717, 1.165) is 20.9 Å². The van der Waals surface area contributed by atoms with Crippen LogP contribution >= 0.6 is 31.9 Å². The summed E-state index contributed by atoms with van der Waals surface area (Å²) in [5, 5.41) is 0.728. The normalized spacial score (nSPS) is 10.3. The van der Waals surface area contributed by atoms with Gasteiger partial charge in [0.2, 0.25) is 5.75 Å². The molecule has 0 spiro atoms. The fourth-order valence-corrected chi connectivity index (χ4v) is 2.71. The van der Waals surface area contributed by atoms with E-state index in [4.69, 9.17) is 14.2 Å². The Bertz CT molecular complexity index is 589. The summed E-state index contributed by atoms with van der Waals surface area (Å²) in [4.78, 5) is 0. The van der Waals surface area contributed by atoms with Gasteiger partial charge in [0.15, 0.2) is 11.5 Å². The van der Waals surface area contributed by atoms with Crippen molar-refractivity contribution in [1.82, 2.24) is 0 Å². The summed E-state index contributed by atoms with van der Waals surface area (Å²) in [6, 6.07) is 11.9. The van der Waals surface area contributed by atoms with Gasteiger partial charge in [0.1, 0.15) is 6.61 Å². The molecule has 0 N–H and O–H groups in total. The second kappa shape index (κ2) is 7.71. The highest BCUT2D eigenvalue weighted by Crippen LogP contribution is 2.39. The highest BCUT2D eigenvalue weighted by atomic mass is 79.9. The van der Waals surface area contributed by atoms with Crippen molar-refractivity contribution in [2.45, 2.75) is 11.9 Å². The van der Waals surface area contributed by atoms with E-state index in [1.54, 1.807) is 14.2 Å². The molecule has 0 amide bonds. The standard InChI is InChI=1S/C16H16Br2O3/c1-19-14-7-12(9-17)8-15(20-2)16(14)21-10-11-4-3-5-13(18)6-11/h3-8H,9-10H2,1-2H3. The Kier molecular flexibility index (Phi) is 5.94. The first kappa shape index (κ1) is 16.2. The van der Waals surface area contributed by atoms with Gasteiger partial charge in [-0.05, 0) is 35.4 Å². The molecule has 0 unspecified atom stereocenters. The zero-order valence-corrected chi connectivity index (χ0v) is 15.0. The maximum Gasteiger partial charge on any atom is 0.203 e. The van der Waals surface area contributed by atoms with Crippen LogP contribution in [0.4, 0.5) is 0 Å². The molecule has 2 aromatic rings. The maximum absolute atomic E-state index is 5.90. The van der Waals surface area contributed by atoms with Gasteiger partial charge in [-0.1, -0.05) is 44.0 Å². The van der Waals surface area contributed by atoms with Crippen molar-refractivity contribution in [1.29, 1.82) is 0 Å². The molecule has 5 heteroatoms. The van der Waals surface area contributed by atoms with E-state index in [1.807, 2.05) is 36.4 Å². The minimum Gasteiger partial charge on any atom is -0.493 e. The largest absolute Gasteiger partial charge is 0.493 e. The average molecular weight is 416 g/mol. The van der Waals surface area contributed by atoms with Crippen molar-refractivity contribution in [3.8, 4) is 17.2 Å². The third-order valence-electron chi connectivity index (χ3n) is 2.95. The Labute approximate surface area is 141 Å². The lowest BCUT2D eigenvalue weighted by Gasteiger charge is -2.15. The van der Waals surface area contributed by atoms with E-state index in [1.165, 1.54) is 0 Å². The average Bonchev–Trinajstić information content (AvgIpc) is 2.52. The van der Waals surface area contributed by atoms with Gasteiger partial charge >= 0.3 is 0 Å². The minimum atomic E-state index is 0.444. The van der Waals surface area contributed by atoms with Crippen molar-refractivity contribution in [2.75, 3.05) is 14.2 Å². The molecular weight excluding hydrogens is 400 g/mol. The third kappa shape index (κ3) is 4.14. The zero-order chi connectivity index (χ0) is 15.2. The summed E-state index contributed by atoms with van der Waals surface area (Å²) < 4.78 is 17.7. The lowest BCUT2D eigenvalue weighted by molar-refractivity contribution is 0.265. The predicted octanol–water partition coefficient (Wildman–Crippen LogP) is 4.94. The fraction of sp³-hybridized carbons (Fsp3) is 0.250. The smallest absolute Gasteiger partial charge is 0.203 e. The zero-order valence-electron chi connectivity index (χ0n) is 11.9. The Morgan fingerprint density at radius 1 is 0.952 bits per heavy atom. The lowest BCUT2D eigenvalue weighted by Crippen LogP contribution is -2.01. The van der Waals surface area contributed by atoms with Gasteiger partial charge in [0.25, 0.3) is 0 Å². The quantitative estimate of drug-likeness (QED) is 0.625. The third-order valence-corrected chi connectivity index (χ3v) is 4.09. The number of rotatable bonds is 6. The molecular formula is C16H16Br2O3. The molecule has 0 radical (unpaired) electrons. The molecule has 3 nitrogen and oxygen atoms in total. The molecule has 0 aliphatic carbocycles. The number of hydrogen-bond acceptors (Lipinski definition) is 3. The van der Waals surface area contributed by atoms with Gasteiger partial charge < -0.3 is 14.2 Å². The Morgan fingerprint density at radius 2 is 1.62 bits per heavy atom. The van der Waals surface area contributed by atoms with Crippen LogP contribution in [0.1, 0.15) is 11.1 Å². The van der Waals surface area contributed by atoms with Crippen molar-refractivity contribution in [3.05, 3.63) is 52.0 Å². The minimum absolute atomic E-state index is 0.444. The van der Waals surface area contributed by atoms with E-state index in [-0.39, 0.29) is 0 Å². The monoisotopic (exact) mass is 414 g/mol. The summed E-state index contributed by atoms with van der Waals surface area (Å²) in [5.41, 5.74) is 2.14. The van der Waals surface area contributed by atoms with Crippen LogP contribution in [0.2, 0.25) is 0 Å². The molecule has 0 bridgehead atoms. The van der Waals surface area contributed by atoms with Crippen LogP contribution in [0, 0.1) is 0 Å². The molecule has 0 aliphatic heterocycles. The first-order chi connectivity index (χ1) is 10.2. The van der Waals surface area contributed by atoms with Gasteiger partial charge in [0.05, 0.1) is 14.2 Å². The molecule has 0 saturated carbocycles. The van der Waals surface area contributed by atoms with Crippen LogP contribution in [0.25, 0.3) is 0 Å². The van der Waals surface area contributed by atoms with E-state index in [2.05, 4.69) is 31.9 Å². The van der Waals surface area contributed by atoms with Gasteiger partial charge in [-0.15, -0.1) is 0 Å². The molecule has 112 valence electrons. The predicted molar refractivity (Wildman–Crippen MR) is 90.7 cm³/mol. The van der Waals surface area contributed by atoms with Crippen LogP contribution in [-0.2, 0) is 11.9 Å². The molecule has 0 saturated heterocycles. The number of halogens is 2. The fourth-order valence-electron chi connectivity index (χ4n) is 1.94. The topological polar surface area (TPSA) is 27.7 Å². The molecule has 0 atom stereocenters. The molecule has 0 fully saturated rings. The summed E-state index contributed by atoms with van der Waals surface area (Å²) >= 11 is 6.89. The van der Waals surface area contributed by atoms with Gasteiger partial charge in [-0.25, -0.2) is 0 Å². The van der Waals surface area contributed by atoms with Crippen LogP contribution in [0.3, 0.4) is 0 Å². The van der Waals surface area contributed by atoms with Crippen LogP contribution in [0.15, 0.2) is 40.9 Å². The van der Waals surface area contributed by atoms with E-state index >= 15 is 0 Å². The number of alkyl halides is 1. The van der Waals surface area contributed by atoms with Crippen LogP contribution in [0.5, 0.6) is 17.2 Å². The van der Waals surface area contributed by atoms with Crippen molar-refractivity contribution in [3.63, 3.8) is 0 Å². The van der Waals surface area contributed by atoms with Gasteiger partial charge in [0, 0.05) is 9.80 Å². The molecule has 2 aromatic carbocycles. The first-order valence-electron chi connectivity index (χ1n) is 6.36. The SMILES string of the molecule is COc1cc(CBr)cc(OC)c1OCc1cccc(Br)c1. The maximum atomic E-state index is 5.90. The summed E-state index contributed by atoms with van der Waals surface area (Å²) in [6.07, 6.45) is 0. The summed E-state index contributed by atoms with van der Waals surface area (Å²) in [7, 11) is 3.25. The number of benzene rings is 2. The summed E-state index contributed by atoms with van der Waals surface area (Å²) in [5.74, 6) is 1.95. The van der Waals surface area contributed by atoms with E-state index in [0.29, 0.717) is 23.9 Å². The Balaban J connectivity index is 2.26. The van der Waals surface area contributed by atoms with E-state index < -0.39 is 0 Å². The second-order valence-corrected chi connectivity index (χ2v) is 5.86. The number of hydrogen-bond donors (Lipinski definition) is 0. The van der Waals surface area contributed by atoms with Crippen molar-refractivity contribution < 1.29 is 14.2 Å². The molecule has 0 aliphatic rings. The Hall–Kier alpha value is -1.20. The van der Waals surface area contributed by atoms with Gasteiger partial charge in [-0.2, -0.15) is 0 Å². The highest BCUT2D eigenvalue weighted by molar-refractivity contribution is 9.10. The molecule has 0 heterocycles. The highest BCUT2D eigenvalue weighted by Gasteiger charge is 2.14. The number of methoxy groups -OCH3 is 2. The second-order valence-electron chi connectivity index (χ2n) is 4.38. The van der Waals surface area contributed by atoms with Crippen molar-refractivity contribution >= 4 is 31.9 Å². The van der Waals surface area contributed by atoms with Gasteiger partial charge in [-0.3, -0.25) is 0 Å². The first-order valence-corrected chi connectivity index (χ1v) is 8.27. The number of ether oxygens (including phenoxy) is 3. The van der Waals surface area contributed by atoms with Crippen LogP contribution < -0.4 is 14.2 Å². The van der Waals surface area contributed by atoms with E-state index in [9.17, 15) is 0 Å². The summed E-state index contributed by atoms with van der Waals surface area (Å²) in [6.45, 7) is 0.444. The van der Waals surface area contributed by atoms with Crippen LogP contribution in [-0.4, -0.2) is 14.2 Å². The molecule has 0 aromatic heterocycles. The molecule has 21 heavy (non-hydrogen) atoms. The van der Waals surface area contributed by atoms with Crippen molar-refractivity contribution in [2.24, 2.45) is 0 Å². The Morgan fingerprint density at radius 3 is 2.14 bits per heavy atom. The molecule has 2 rings (SSSR count).